The largest absolute Gasteiger partial charge is 0.493 e. The van der Waals surface area contributed by atoms with Crippen LogP contribution in [-0.4, -0.2) is 47.8 Å². The summed E-state index contributed by atoms with van der Waals surface area (Å²) in [6, 6.07) is 13.4. The molecule has 1 aromatic carbocycles. The lowest BCUT2D eigenvalue weighted by molar-refractivity contribution is -0.124. The number of benzene rings is 1. The van der Waals surface area contributed by atoms with Crippen LogP contribution in [0.4, 0.5) is 10.5 Å². The fourth-order valence-corrected chi connectivity index (χ4v) is 4.34. The number of urea groups is 1. The lowest BCUT2D eigenvalue weighted by Crippen LogP contribution is -2.51. The van der Waals surface area contributed by atoms with Gasteiger partial charge in [-0.15, -0.1) is 0 Å². The standard InChI is InChI=1S/C23H29N3O3/c27-22(25-20-4-2-1-3-5-20)26-14-10-23(11-15-26)18-19(9-17-29-23)8-16-28-21-6-12-24-13-7-21/h1-7,12-13,19H,8-11,14-18H2,(H,25,27). The second-order valence-corrected chi connectivity index (χ2v) is 7.99. The lowest BCUT2D eigenvalue weighted by Gasteiger charge is -2.46. The third-order valence-electron chi connectivity index (χ3n) is 6.03. The number of carbonyl (C=O) groups is 1. The summed E-state index contributed by atoms with van der Waals surface area (Å²) < 4.78 is 12.1. The maximum absolute atomic E-state index is 12.5. The predicted octanol–water partition coefficient (Wildman–Crippen LogP) is 4.34. The van der Waals surface area contributed by atoms with E-state index in [1.165, 1.54) is 0 Å². The number of hydrogen-bond acceptors (Lipinski definition) is 4. The minimum absolute atomic E-state index is 0.0239. The van der Waals surface area contributed by atoms with E-state index in [0.29, 0.717) is 5.92 Å². The van der Waals surface area contributed by atoms with Gasteiger partial charge in [-0.05, 0) is 62.3 Å². The molecule has 4 rings (SSSR count). The van der Waals surface area contributed by atoms with E-state index in [1.54, 1.807) is 12.4 Å². The minimum Gasteiger partial charge on any atom is -0.493 e. The van der Waals surface area contributed by atoms with Gasteiger partial charge >= 0.3 is 6.03 Å². The third kappa shape index (κ3) is 5.26. The molecule has 0 radical (unpaired) electrons. The van der Waals surface area contributed by atoms with E-state index in [-0.39, 0.29) is 11.6 Å². The van der Waals surface area contributed by atoms with Crippen molar-refractivity contribution in [3.8, 4) is 5.75 Å². The average molecular weight is 396 g/mol. The summed E-state index contributed by atoms with van der Waals surface area (Å²) in [5.74, 6) is 1.48. The Hall–Kier alpha value is -2.60. The fourth-order valence-electron chi connectivity index (χ4n) is 4.34. The molecular weight excluding hydrogens is 366 g/mol. The molecule has 1 atom stereocenters. The van der Waals surface area contributed by atoms with E-state index in [9.17, 15) is 4.79 Å². The molecule has 1 unspecified atom stereocenters. The van der Waals surface area contributed by atoms with Gasteiger partial charge in [0.05, 0.1) is 12.2 Å². The van der Waals surface area contributed by atoms with Gasteiger partial charge in [-0.25, -0.2) is 4.79 Å². The number of nitrogens with one attached hydrogen (secondary N) is 1. The highest BCUT2D eigenvalue weighted by molar-refractivity contribution is 5.89. The van der Waals surface area contributed by atoms with Crippen molar-refractivity contribution in [1.82, 2.24) is 9.88 Å². The molecule has 2 saturated heterocycles. The SMILES string of the molecule is O=C(Nc1ccccc1)N1CCC2(CC1)CC(CCOc1ccncc1)CCO2. The number of hydrogen-bond donors (Lipinski definition) is 1. The molecule has 2 aliphatic heterocycles. The summed E-state index contributed by atoms with van der Waals surface area (Å²) in [7, 11) is 0. The first-order valence-corrected chi connectivity index (χ1v) is 10.5. The van der Waals surface area contributed by atoms with Crippen LogP contribution >= 0.6 is 0 Å². The molecule has 29 heavy (non-hydrogen) atoms. The Morgan fingerprint density at radius 3 is 2.69 bits per heavy atom. The molecule has 2 aliphatic rings. The number of para-hydroxylation sites is 1. The second kappa shape index (κ2) is 9.27. The van der Waals surface area contributed by atoms with Gasteiger partial charge in [-0.2, -0.15) is 0 Å². The number of rotatable bonds is 5. The predicted molar refractivity (Wildman–Crippen MR) is 112 cm³/mol. The molecule has 0 saturated carbocycles. The Morgan fingerprint density at radius 2 is 1.93 bits per heavy atom. The zero-order valence-corrected chi connectivity index (χ0v) is 16.8. The molecule has 2 fully saturated rings. The Bertz CT molecular complexity index is 776. The van der Waals surface area contributed by atoms with Crippen molar-refractivity contribution in [3.63, 3.8) is 0 Å². The maximum atomic E-state index is 12.5. The van der Waals surface area contributed by atoms with Crippen molar-refractivity contribution < 1.29 is 14.3 Å². The number of ether oxygens (including phenoxy) is 2. The van der Waals surface area contributed by atoms with Crippen molar-refractivity contribution in [2.75, 3.05) is 31.6 Å². The van der Waals surface area contributed by atoms with Crippen LogP contribution in [0.25, 0.3) is 0 Å². The van der Waals surface area contributed by atoms with Gasteiger partial charge in [0.1, 0.15) is 5.75 Å². The van der Waals surface area contributed by atoms with E-state index >= 15 is 0 Å². The molecule has 2 amide bonds. The molecule has 6 nitrogen and oxygen atoms in total. The molecular formula is C23H29N3O3. The van der Waals surface area contributed by atoms with Gasteiger partial charge in [0.2, 0.25) is 0 Å². The fraction of sp³-hybridized carbons (Fsp3) is 0.478. The highest BCUT2D eigenvalue weighted by Gasteiger charge is 2.41. The van der Waals surface area contributed by atoms with Crippen LogP contribution in [-0.2, 0) is 4.74 Å². The zero-order chi connectivity index (χ0) is 19.9. The first-order chi connectivity index (χ1) is 14.2. The molecule has 1 N–H and O–H groups in total. The Labute approximate surface area is 172 Å². The summed E-state index contributed by atoms with van der Waals surface area (Å²) in [6.07, 6.45) is 8.47. The van der Waals surface area contributed by atoms with Gasteiger partial charge in [0.25, 0.3) is 0 Å². The van der Waals surface area contributed by atoms with Gasteiger partial charge < -0.3 is 19.7 Å². The van der Waals surface area contributed by atoms with Crippen molar-refractivity contribution >= 4 is 11.7 Å². The smallest absolute Gasteiger partial charge is 0.321 e. The van der Waals surface area contributed by atoms with E-state index in [1.807, 2.05) is 47.4 Å². The minimum atomic E-state index is -0.0802. The number of piperidine rings is 1. The first-order valence-electron chi connectivity index (χ1n) is 10.5. The molecule has 3 heterocycles. The summed E-state index contributed by atoms with van der Waals surface area (Å²) in [4.78, 5) is 18.4. The number of anilines is 1. The molecule has 1 spiro atoms. The number of nitrogens with zero attached hydrogens (tertiary/aromatic N) is 2. The van der Waals surface area contributed by atoms with Gasteiger partial charge in [0.15, 0.2) is 0 Å². The Morgan fingerprint density at radius 1 is 1.17 bits per heavy atom. The van der Waals surface area contributed by atoms with Crippen LogP contribution < -0.4 is 10.1 Å². The molecule has 0 aliphatic carbocycles. The maximum Gasteiger partial charge on any atom is 0.321 e. The van der Waals surface area contributed by atoms with Crippen LogP contribution in [0.2, 0.25) is 0 Å². The lowest BCUT2D eigenvalue weighted by atomic mass is 9.78. The van der Waals surface area contributed by atoms with Crippen molar-refractivity contribution in [2.45, 2.75) is 37.7 Å². The molecule has 6 heteroatoms. The molecule has 1 aromatic heterocycles. The average Bonchev–Trinajstić information content (AvgIpc) is 2.76. The summed E-state index contributed by atoms with van der Waals surface area (Å²) >= 11 is 0. The summed E-state index contributed by atoms with van der Waals surface area (Å²) in [5.41, 5.74) is 0.754. The Balaban J connectivity index is 1.23. The van der Waals surface area contributed by atoms with Crippen molar-refractivity contribution in [2.24, 2.45) is 5.92 Å². The van der Waals surface area contributed by atoms with Crippen molar-refractivity contribution in [3.05, 3.63) is 54.9 Å². The van der Waals surface area contributed by atoms with Gasteiger partial charge in [-0.1, -0.05) is 18.2 Å². The Kier molecular flexibility index (Phi) is 6.30. The van der Waals surface area contributed by atoms with Crippen LogP contribution in [0.1, 0.15) is 32.1 Å². The molecule has 0 bridgehead atoms. The number of amides is 2. The van der Waals surface area contributed by atoms with E-state index in [2.05, 4.69) is 10.3 Å². The highest BCUT2D eigenvalue weighted by atomic mass is 16.5. The summed E-state index contributed by atoms with van der Waals surface area (Å²) in [5, 5.41) is 2.98. The van der Waals surface area contributed by atoms with E-state index in [4.69, 9.17) is 9.47 Å². The van der Waals surface area contributed by atoms with Crippen LogP contribution in [0.5, 0.6) is 5.75 Å². The van der Waals surface area contributed by atoms with Gasteiger partial charge in [0, 0.05) is 37.8 Å². The van der Waals surface area contributed by atoms with Crippen LogP contribution in [0.15, 0.2) is 54.9 Å². The highest BCUT2D eigenvalue weighted by Crippen LogP contribution is 2.38. The zero-order valence-electron chi connectivity index (χ0n) is 16.8. The van der Waals surface area contributed by atoms with Gasteiger partial charge in [-0.3, -0.25) is 4.98 Å². The number of carbonyl (C=O) groups excluding carboxylic acids is 1. The van der Waals surface area contributed by atoms with Crippen LogP contribution in [0, 0.1) is 5.92 Å². The van der Waals surface area contributed by atoms with Crippen LogP contribution in [0.3, 0.4) is 0 Å². The number of pyridine rings is 1. The van der Waals surface area contributed by atoms with E-state index < -0.39 is 0 Å². The normalized spacial score (nSPS) is 21.0. The quantitative estimate of drug-likeness (QED) is 0.818. The number of aromatic nitrogens is 1. The second-order valence-electron chi connectivity index (χ2n) is 7.99. The molecule has 2 aromatic rings. The third-order valence-corrected chi connectivity index (χ3v) is 6.03. The monoisotopic (exact) mass is 395 g/mol. The van der Waals surface area contributed by atoms with E-state index in [0.717, 1.165) is 69.8 Å². The molecule has 154 valence electrons. The first kappa shape index (κ1) is 19.7. The van der Waals surface area contributed by atoms with Crippen molar-refractivity contribution in [1.29, 1.82) is 0 Å². The topological polar surface area (TPSA) is 63.7 Å². The summed E-state index contributed by atoms with van der Waals surface area (Å²) in [6.45, 7) is 2.99. The number of likely N-dealkylation sites (tertiary alicyclic amines) is 1.